The number of aromatic nitrogens is 1. The Bertz CT molecular complexity index is 872. The highest BCUT2D eigenvalue weighted by atomic mass is 19.1. The van der Waals surface area contributed by atoms with Crippen LogP contribution in [0.2, 0.25) is 0 Å². The van der Waals surface area contributed by atoms with Crippen molar-refractivity contribution < 1.29 is 13.9 Å². The number of likely N-dealkylation sites (tertiary alicyclic amines) is 1. The number of ether oxygens (including phenoxy) is 1. The first-order chi connectivity index (χ1) is 13.0. The third kappa shape index (κ3) is 3.18. The maximum absolute atomic E-state index is 14.4. The Morgan fingerprint density at radius 3 is 2.93 bits per heavy atom. The van der Waals surface area contributed by atoms with Gasteiger partial charge in [-0.05, 0) is 62.1 Å². The van der Waals surface area contributed by atoms with E-state index in [1.165, 1.54) is 6.07 Å². The number of benzene rings is 1. The first-order valence-electron chi connectivity index (χ1n) is 9.44. The normalized spacial score (nSPS) is 24.8. The van der Waals surface area contributed by atoms with Gasteiger partial charge >= 0.3 is 0 Å². The second-order valence-corrected chi connectivity index (χ2v) is 7.34. The molecule has 2 aliphatic rings. The molecule has 27 heavy (non-hydrogen) atoms. The summed E-state index contributed by atoms with van der Waals surface area (Å²) in [5.74, 6) is 0.514. The maximum atomic E-state index is 14.4. The number of carbonyl (C=O) groups is 1. The van der Waals surface area contributed by atoms with Crippen LogP contribution in [0.25, 0.3) is 11.1 Å². The van der Waals surface area contributed by atoms with Crippen LogP contribution in [0.3, 0.4) is 0 Å². The van der Waals surface area contributed by atoms with Crippen molar-refractivity contribution in [1.29, 1.82) is 0 Å². The van der Waals surface area contributed by atoms with Gasteiger partial charge in [0.2, 0.25) is 5.91 Å². The average molecular weight is 369 g/mol. The third-order valence-electron chi connectivity index (χ3n) is 5.64. The van der Waals surface area contributed by atoms with Crippen LogP contribution < -0.4 is 10.1 Å². The molecular formula is C21H24FN3O2. The third-order valence-corrected chi connectivity index (χ3v) is 5.64. The quantitative estimate of drug-likeness (QED) is 0.898. The first-order valence-corrected chi connectivity index (χ1v) is 9.44. The molecule has 5 nitrogen and oxygen atoms in total. The summed E-state index contributed by atoms with van der Waals surface area (Å²) in [6, 6.07) is 8.49. The number of hydrogen-bond donors (Lipinski definition) is 1. The molecule has 2 saturated heterocycles. The van der Waals surface area contributed by atoms with E-state index in [0.29, 0.717) is 17.9 Å². The number of pyridine rings is 1. The van der Waals surface area contributed by atoms with Crippen LogP contribution in [0.15, 0.2) is 36.5 Å². The van der Waals surface area contributed by atoms with E-state index in [-0.39, 0.29) is 17.8 Å². The number of nitrogens with zero attached hydrogens (tertiary/aromatic N) is 2. The molecule has 1 N–H and O–H groups in total. The minimum atomic E-state index is -0.461. The molecule has 0 bridgehead atoms. The summed E-state index contributed by atoms with van der Waals surface area (Å²) in [7, 11) is 1.85. The Balaban J connectivity index is 1.61. The van der Waals surface area contributed by atoms with Gasteiger partial charge in [-0.1, -0.05) is 0 Å². The molecule has 2 aliphatic heterocycles. The average Bonchev–Trinajstić information content (AvgIpc) is 3.24. The van der Waals surface area contributed by atoms with E-state index in [9.17, 15) is 9.18 Å². The summed E-state index contributed by atoms with van der Waals surface area (Å²) in [6.45, 7) is 3.21. The van der Waals surface area contributed by atoms with Crippen molar-refractivity contribution >= 4 is 5.91 Å². The van der Waals surface area contributed by atoms with Crippen LogP contribution in [0.4, 0.5) is 4.39 Å². The van der Waals surface area contributed by atoms with Gasteiger partial charge in [0, 0.05) is 25.4 Å². The summed E-state index contributed by atoms with van der Waals surface area (Å²) in [5.41, 5.74) is 1.63. The van der Waals surface area contributed by atoms with E-state index in [0.717, 1.165) is 37.1 Å². The molecule has 1 unspecified atom stereocenters. The number of likely N-dealkylation sites (N-methyl/N-ethyl adjacent to an activating group) is 1. The minimum absolute atomic E-state index is 0.00136. The van der Waals surface area contributed by atoms with E-state index >= 15 is 0 Å². The molecule has 1 spiro atoms. The molecule has 1 aromatic heterocycles. The first kappa shape index (κ1) is 17.9. The van der Waals surface area contributed by atoms with Gasteiger partial charge in [-0.25, -0.2) is 4.39 Å². The molecule has 2 fully saturated rings. The molecule has 6 heteroatoms. The standard InChI is InChI=1S/C21H24FN3O2/c1-3-27-15-4-5-17(22)16(13-15)14-7-10-23-19(12-14)18-6-8-21(24-18)9-11-25(2)20(21)26/h4-5,7,10,12-13,18,24H,3,6,8-9,11H2,1-2H3/t18?,21-/m1/s1. The molecule has 1 amide bonds. The van der Waals surface area contributed by atoms with Crippen LogP contribution in [0.5, 0.6) is 5.75 Å². The number of rotatable bonds is 4. The number of carbonyl (C=O) groups excluding carboxylic acids is 1. The van der Waals surface area contributed by atoms with Gasteiger partial charge in [0.25, 0.3) is 0 Å². The zero-order valence-electron chi connectivity index (χ0n) is 15.7. The second-order valence-electron chi connectivity index (χ2n) is 7.34. The van der Waals surface area contributed by atoms with Crippen molar-refractivity contribution in [2.24, 2.45) is 0 Å². The van der Waals surface area contributed by atoms with Crippen LogP contribution in [0, 0.1) is 5.82 Å². The molecule has 2 aromatic rings. The fourth-order valence-corrected chi connectivity index (χ4v) is 4.18. The largest absolute Gasteiger partial charge is 0.494 e. The summed E-state index contributed by atoms with van der Waals surface area (Å²) < 4.78 is 19.9. The Labute approximate surface area is 158 Å². The van der Waals surface area contributed by atoms with E-state index in [1.807, 2.05) is 20.0 Å². The molecule has 1 aromatic carbocycles. The molecule has 4 rings (SSSR count). The van der Waals surface area contributed by atoms with Crippen molar-refractivity contribution in [2.45, 2.75) is 37.8 Å². The van der Waals surface area contributed by atoms with E-state index in [2.05, 4.69) is 10.3 Å². The molecule has 0 aliphatic carbocycles. The van der Waals surface area contributed by atoms with Gasteiger partial charge in [0.1, 0.15) is 17.1 Å². The monoisotopic (exact) mass is 369 g/mol. The van der Waals surface area contributed by atoms with Crippen molar-refractivity contribution in [2.75, 3.05) is 20.2 Å². The zero-order chi connectivity index (χ0) is 19.0. The van der Waals surface area contributed by atoms with Gasteiger partial charge in [-0.3, -0.25) is 15.1 Å². The Morgan fingerprint density at radius 2 is 2.19 bits per heavy atom. The fourth-order valence-electron chi connectivity index (χ4n) is 4.18. The van der Waals surface area contributed by atoms with E-state index < -0.39 is 5.54 Å². The molecule has 3 heterocycles. The highest BCUT2D eigenvalue weighted by Crippen LogP contribution is 2.39. The summed E-state index contributed by atoms with van der Waals surface area (Å²) >= 11 is 0. The molecule has 2 atom stereocenters. The van der Waals surface area contributed by atoms with Crippen LogP contribution in [-0.2, 0) is 4.79 Å². The predicted molar refractivity (Wildman–Crippen MR) is 101 cm³/mol. The SMILES string of the molecule is CCOc1ccc(F)c(-c2ccnc(C3CC[C@]4(CCN(C)C4=O)N3)c2)c1. The highest BCUT2D eigenvalue weighted by molar-refractivity contribution is 5.88. The van der Waals surface area contributed by atoms with Gasteiger partial charge < -0.3 is 9.64 Å². The predicted octanol–water partition coefficient (Wildman–Crippen LogP) is 3.31. The second kappa shape index (κ2) is 6.93. The molecule has 0 radical (unpaired) electrons. The topological polar surface area (TPSA) is 54.5 Å². The number of hydrogen-bond acceptors (Lipinski definition) is 4. The summed E-state index contributed by atoms with van der Waals surface area (Å²) in [6.07, 6.45) is 4.18. The number of amides is 1. The Kier molecular flexibility index (Phi) is 4.60. The lowest BCUT2D eigenvalue weighted by Gasteiger charge is -2.23. The lowest BCUT2D eigenvalue weighted by Crippen LogP contribution is -2.47. The lowest BCUT2D eigenvalue weighted by molar-refractivity contribution is -0.131. The molecule has 142 valence electrons. The summed E-state index contributed by atoms with van der Waals surface area (Å²) in [4.78, 5) is 18.8. The molecular weight excluding hydrogens is 345 g/mol. The highest BCUT2D eigenvalue weighted by Gasteiger charge is 2.50. The Hall–Kier alpha value is -2.47. The van der Waals surface area contributed by atoms with Gasteiger partial charge in [0.15, 0.2) is 0 Å². The van der Waals surface area contributed by atoms with Crippen LogP contribution in [-0.4, -0.2) is 41.5 Å². The van der Waals surface area contributed by atoms with Crippen molar-refractivity contribution in [3.63, 3.8) is 0 Å². The van der Waals surface area contributed by atoms with Crippen molar-refractivity contribution in [3.05, 3.63) is 48.0 Å². The summed E-state index contributed by atoms with van der Waals surface area (Å²) in [5, 5.41) is 3.52. The van der Waals surface area contributed by atoms with Gasteiger partial charge in [-0.15, -0.1) is 0 Å². The van der Waals surface area contributed by atoms with Crippen molar-refractivity contribution in [3.8, 4) is 16.9 Å². The van der Waals surface area contributed by atoms with Crippen molar-refractivity contribution in [1.82, 2.24) is 15.2 Å². The fraction of sp³-hybridized carbons (Fsp3) is 0.429. The van der Waals surface area contributed by atoms with Crippen LogP contribution >= 0.6 is 0 Å². The maximum Gasteiger partial charge on any atom is 0.242 e. The number of nitrogens with one attached hydrogen (secondary N) is 1. The van der Waals surface area contributed by atoms with Crippen LogP contribution in [0.1, 0.15) is 37.9 Å². The van der Waals surface area contributed by atoms with E-state index in [4.69, 9.17) is 4.74 Å². The Morgan fingerprint density at radius 1 is 1.33 bits per heavy atom. The van der Waals surface area contributed by atoms with E-state index in [1.54, 1.807) is 29.3 Å². The zero-order valence-corrected chi connectivity index (χ0v) is 15.7. The van der Waals surface area contributed by atoms with Gasteiger partial charge in [0.05, 0.1) is 18.3 Å². The molecule has 0 saturated carbocycles. The minimum Gasteiger partial charge on any atom is -0.494 e. The van der Waals surface area contributed by atoms with Gasteiger partial charge in [-0.2, -0.15) is 0 Å². The lowest BCUT2D eigenvalue weighted by atomic mass is 9.96. The number of halogens is 1. The smallest absolute Gasteiger partial charge is 0.242 e.